The predicted molar refractivity (Wildman–Crippen MR) is 85.6 cm³/mol. The first-order chi connectivity index (χ1) is 10.0. The minimum absolute atomic E-state index is 0.276. The molecule has 2 aromatic carbocycles. The summed E-state index contributed by atoms with van der Waals surface area (Å²) >= 11 is 9.44. The van der Waals surface area contributed by atoms with Gasteiger partial charge >= 0.3 is 0 Å². The van der Waals surface area contributed by atoms with Crippen molar-refractivity contribution in [2.45, 2.75) is 19.4 Å². The zero-order valence-corrected chi connectivity index (χ0v) is 13.8. The third-order valence-electron chi connectivity index (χ3n) is 3.11. The van der Waals surface area contributed by atoms with Gasteiger partial charge in [0.05, 0.1) is 6.04 Å². The van der Waals surface area contributed by atoms with Crippen LogP contribution >= 0.6 is 27.5 Å². The average molecular weight is 375 g/mol. The summed E-state index contributed by atoms with van der Waals surface area (Å²) in [6.07, 6.45) is 0.884. The van der Waals surface area contributed by atoms with Crippen LogP contribution in [0.5, 0.6) is 0 Å². The maximum atomic E-state index is 14.1. The molecule has 0 radical (unpaired) electrons. The zero-order valence-electron chi connectivity index (χ0n) is 11.5. The zero-order chi connectivity index (χ0) is 15.4. The van der Waals surface area contributed by atoms with E-state index in [1.165, 1.54) is 6.07 Å². The SMILES string of the molecule is CCCNC(c1cc(Cl)cc(Br)c1)c1cccc(F)c1F. The van der Waals surface area contributed by atoms with Crippen LogP contribution in [-0.2, 0) is 0 Å². The summed E-state index contributed by atoms with van der Waals surface area (Å²) in [6.45, 7) is 2.70. The fourth-order valence-corrected chi connectivity index (χ4v) is 3.07. The van der Waals surface area contributed by atoms with E-state index < -0.39 is 17.7 Å². The molecule has 1 unspecified atom stereocenters. The van der Waals surface area contributed by atoms with Gasteiger partial charge in [0.1, 0.15) is 0 Å². The molecule has 0 aliphatic heterocycles. The first-order valence-corrected chi connectivity index (χ1v) is 7.83. The van der Waals surface area contributed by atoms with Crippen molar-refractivity contribution in [2.75, 3.05) is 6.54 Å². The van der Waals surface area contributed by atoms with E-state index in [2.05, 4.69) is 21.2 Å². The van der Waals surface area contributed by atoms with E-state index in [1.54, 1.807) is 18.2 Å². The van der Waals surface area contributed by atoms with Crippen molar-refractivity contribution in [2.24, 2.45) is 0 Å². The Morgan fingerprint density at radius 3 is 2.67 bits per heavy atom. The van der Waals surface area contributed by atoms with Crippen LogP contribution in [0.2, 0.25) is 5.02 Å². The Kier molecular flexibility index (Phi) is 5.73. The predicted octanol–water partition coefficient (Wildman–Crippen LogP) is 5.47. The molecule has 0 bridgehead atoms. The Hall–Kier alpha value is -0.970. The Morgan fingerprint density at radius 2 is 2.00 bits per heavy atom. The molecular formula is C16H15BrClF2N. The summed E-state index contributed by atoms with van der Waals surface area (Å²) in [5.41, 5.74) is 1.06. The van der Waals surface area contributed by atoms with Crippen molar-refractivity contribution in [3.05, 3.63) is 68.7 Å². The molecule has 2 rings (SSSR count). The monoisotopic (exact) mass is 373 g/mol. The molecule has 112 valence electrons. The van der Waals surface area contributed by atoms with Crippen molar-refractivity contribution < 1.29 is 8.78 Å². The third-order valence-corrected chi connectivity index (χ3v) is 3.79. The molecule has 0 heterocycles. The summed E-state index contributed by atoms with van der Waals surface area (Å²) in [7, 11) is 0. The Labute approximate surface area is 136 Å². The van der Waals surface area contributed by atoms with Crippen molar-refractivity contribution >= 4 is 27.5 Å². The van der Waals surface area contributed by atoms with E-state index in [0.29, 0.717) is 11.6 Å². The fraction of sp³-hybridized carbons (Fsp3) is 0.250. The maximum Gasteiger partial charge on any atom is 0.163 e. The summed E-state index contributed by atoms with van der Waals surface area (Å²) in [4.78, 5) is 0. The second kappa shape index (κ2) is 7.34. The first kappa shape index (κ1) is 16.4. The third kappa shape index (κ3) is 4.02. The average Bonchev–Trinajstić information content (AvgIpc) is 2.42. The summed E-state index contributed by atoms with van der Waals surface area (Å²) in [6, 6.07) is 9.12. The van der Waals surface area contributed by atoms with Crippen molar-refractivity contribution in [3.63, 3.8) is 0 Å². The minimum atomic E-state index is -0.850. The Balaban J connectivity index is 2.49. The van der Waals surface area contributed by atoms with Crippen LogP contribution in [0.4, 0.5) is 8.78 Å². The van der Waals surface area contributed by atoms with Gasteiger partial charge in [0.15, 0.2) is 11.6 Å². The van der Waals surface area contributed by atoms with Gasteiger partial charge in [-0.2, -0.15) is 0 Å². The van der Waals surface area contributed by atoms with Crippen molar-refractivity contribution in [1.29, 1.82) is 0 Å². The number of rotatable bonds is 5. The van der Waals surface area contributed by atoms with E-state index in [9.17, 15) is 8.78 Å². The number of hydrogen-bond acceptors (Lipinski definition) is 1. The highest BCUT2D eigenvalue weighted by Crippen LogP contribution is 2.30. The lowest BCUT2D eigenvalue weighted by molar-refractivity contribution is 0.480. The number of hydrogen-bond donors (Lipinski definition) is 1. The van der Waals surface area contributed by atoms with Gasteiger partial charge in [-0.15, -0.1) is 0 Å². The van der Waals surface area contributed by atoms with Gasteiger partial charge in [0.2, 0.25) is 0 Å². The molecule has 1 N–H and O–H groups in total. The van der Waals surface area contributed by atoms with Gasteiger partial charge < -0.3 is 5.32 Å². The molecule has 0 aliphatic carbocycles. The van der Waals surface area contributed by atoms with Crippen LogP contribution < -0.4 is 5.32 Å². The van der Waals surface area contributed by atoms with Crippen LogP contribution in [0.25, 0.3) is 0 Å². The molecule has 0 spiro atoms. The standard InChI is InChI=1S/C16H15BrClF2N/c1-2-6-21-16(10-7-11(17)9-12(18)8-10)13-4-3-5-14(19)15(13)20/h3-5,7-9,16,21H,2,6H2,1H3. The van der Waals surface area contributed by atoms with Gasteiger partial charge in [0.25, 0.3) is 0 Å². The lowest BCUT2D eigenvalue weighted by atomic mass is 9.98. The summed E-state index contributed by atoms with van der Waals surface area (Å²) in [5, 5.41) is 3.78. The van der Waals surface area contributed by atoms with E-state index in [1.807, 2.05) is 13.0 Å². The van der Waals surface area contributed by atoms with Gasteiger partial charge in [-0.1, -0.05) is 46.6 Å². The summed E-state index contributed by atoms with van der Waals surface area (Å²) < 4.78 is 28.4. The van der Waals surface area contributed by atoms with Crippen molar-refractivity contribution in [1.82, 2.24) is 5.32 Å². The van der Waals surface area contributed by atoms with Crippen molar-refractivity contribution in [3.8, 4) is 0 Å². The first-order valence-electron chi connectivity index (χ1n) is 6.66. The lowest BCUT2D eigenvalue weighted by Gasteiger charge is -2.21. The van der Waals surface area contributed by atoms with E-state index >= 15 is 0 Å². The molecule has 0 saturated heterocycles. The van der Waals surface area contributed by atoms with Crippen LogP contribution in [0.15, 0.2) is 40.9 Å². The molecule has 0 saturated carbocycles. The molecule has 21 heavy (non-hydrogen) atoms. The highest BCUT2D eigenvalue weighted by molar-refractivity contribution is 9.10. The smallest absolute Gasteiger partial charge is 0.163 e. The molecule has 5 heteroatoms. The summed E-state index contributed by atoms with van der Waals surface area (Å²) in [5.74, 6) is -1.68. The highest BCUT2D eigenvalue weighted by Gasteiger charge is 2.20. The van der Waals surface area contributed by atoms with Crippen LogP contribution in [0.3, 0.4) is 0 Å². The van der Waals surface area contributed by atoms with Crippen LogP contribution in [0.1, 0.15) is 30.5 Å². The topological polar surface area (TPSA) is 12.0 Å². The molecule has 0 aliphatic rings. The largest absolute Gasteiger partial charge is 0.306 e. The second-order valence-electron chi connectivity index (χ2n) is 4.73. The van der Waals surface area contributed by atoms with Gasteiger partial charge in [-0.3, -0.25) is 0 Å². The maximum absolute atomic E-state index is 14.1. The quantitative estimate of drug-likeness (QED) is 0.732. The second-order valence-corrected chi connectivity index (χ2v) is 6.09. The molecule has 1 nitrogen and oxygen atoms in total. The Morgan fingerprint density at radius 1 is 1.24 bits per heavy atom. The molecule has 0 fully saturated rings. The highest BCUT2D eigenvalue weighted by atomic mass is 79.9. The fourth-order valence-electron chi connectivity index (χ4n) is 2.18. The van der Waals surface area contributed by atoms with Gasteiger partial charge in [-0.05, 0) is 42.8 Å². The van der Waals surface area contributed by atoms with E-state index in [4.69, 9.17) is 11.6 Å². The molecule has 0 aromatic heterocycles. The molecule has 1 atom stereocenters. The van der Waals surface area contributed by atoms with E-state index in [-0.39, 0.29) is 5.56 Å². The van der Waals surface area contributed by atoms with Crippen LogP contribution in [-0.4, -0.2) is 6.54 Å². The number of nitrogens with one attached hydrogen (secondary N) is 1. The van der Waals surface area contributed by atoms with Crippen LogP contribution in [0, 0.1) is 11.6 Å². The number of benzene rings is 2. The van der Waals surface area contributed by atoms with Gasteiger partial charge in [-0.25, -0.2) is 8.78 Å². The minimum Gasteiger partial charge on any atom is -0.306 e. The normalized spacial score (nSPS) is 12.4. The Bertz CT molecular complexity index is 613. The van der Waals surface area contributed by atoms with E-state index in [0.717, 1.165) is 22.5 Å². The molecule has 2 aromatic rings. The lowest BCUT2D eigenvalue weighted by Crippen LogP contribution is -2.24. The van der Waals surface area contributed by atoms with Gasteiger partial charge in [0, 0.05) is 15.1 Å². The number of halogens is 4. The molecular weight excluding hydrogens is 360 g/mol. The molecule has 0 amide bonds.